The standard InChI is InChI=1S/C32H30ClFN4O/c33-27-11-8-25(9-12-27)32-29(38-21-26(10-15-30(38)35-32)24-4-2-1-3-5-24)22-36-16-18-37(19-17-36)31(39)20-23-6-13-28(34)14-7-23/h1-15,21,30,35H,16-20,22H2. The zero-order valence-electron chi connectivity index (χ0n) is 21.6. The van der Waals surface area contributed by atoms with Crippen LogP contribution in [0, 0.1) is 5.82 Å². The highest BCUT2D eigenvalue weighted by atomic mass is 35.5. The highest BCUT2D eigenvalue weighted by Gasteiger charge is 2.33. The van der Waals surface area contributed by atoms with Crippen molar-refractivity contribution in [3.05, 3.63) is 130 Å². The van der Waals surface area contributed by atoms with Crippen molar-refractivity contribution in [1.82, 2.24) is 20.0 Å². The second-order valence-corrected chi connectivity index (χ2v) is 10.5. The van der Waals surface area contributed by atoms with Crippen LogP contribution in [0.2, 0.25) is 5.02 Å². The summed E-state index contributed by atoms with van der Waals surface area (Å²) in [6, 6.07) is 24.6. The summed E-state index contributed by atoms with van der Waals surface area (Å²) >= 11 is 6.19. The maximum Gasteiger partial charge on any atom is 0.227 e. The zero-order valence-corrected chi connectivity index (χ0v) is 22.3. The number of benzene rings is 3. The van der Waals surface area contributed by atoms with Crippen molar-refractivity contribution in [3.8, 4) is 0 Å². The fraction of sp³-hybridized carbons (Fsp3) is 0.219. The molecule has 0 aliphatic carbocycles. The second-order valence-electron chi connectivity index (χ2n) is 10.1. The van der Waals surface area contributed by atoms with Gasteiger partial charge in [0.2, 0.25) is 5.91 Å². The third kappa shape index (κ3) is 5.63. The van der Waals surface area contributed by atoms with Gasteiger partial charge < -0.3 is 15.1 Å². The molecule has 1 fully saturated rings. The van der Waals surface area contributed by atoms with Gasteiger partial charge in [0.15, 0.2) is 0 Å². The van der Waals surface area contributed by atoms with E-state index in [0.29, 0.717) is 24.5 Å². The van der Waals surface area contributed by atoms with E-state index in [-0.39, 0.29) is 17.9 Å². The predicted octanol–water partition coefficient (Wildman–Crippen LogP) is 5.38. The van der Waals surface area contributed by atoms with E-state index in [9.17, 15) is 9.18 Å². The minimum absolute atomic E-state index is 0.0386. The van der Waals surface area contributed by atoms with Gasteiger partial charge in [0.25, 0.3) is 0 Å². The van der Waals surface area contributed by atoms with Crippen molar-refractivity contribution < 1.29 is 9.18 Å². The van der Waals surface area contributed by atoms with Crippen LogP contribution in [0.3, 0.4) is 0 Å². The molecule has 39 heavy (non-hydrogen) atoms. The molecule has 1 unspecified atom stereocenters. The number of amides is 1. The lowest BCUT2D eigenvalue weighted by atomic mass is 10.0. The molecule has 0 aromatic heterocycles. The van der Waals surface area contributed by atoms with Gasteiger partial charge in [-0.2, -0.15) is 0 Å². The molecule has 1 saturated heterocycles. The largest absolute Gasteiger partial charge is 0.360 e. The molecule has 3 aromatic carbocycles. The minimum Gasteiger partial charge on any atom is -0.360 e. The minimum atomic E-state index is -0.286. The highest BCUT2D eigenvalue weighted by Crippen LogP contribution is 2.34. The number of nitrogens with one attached hydrogen (secondary N) is 1. The number of hydrogen-bond acceptors (Lipinski definition) is 4. The average Bonchev–Trinajstić information content (AvgIpc) is 3.33. The number of hydrogen-bond donors (Lipinski definition) is 1. The highest BCUT2D eigenvalue weighted by molar-refractivity contribution is 6.30. The molecule has 5 nitrogen and oxygen atoms in total. The lowest BCUT2D eigenvalue weighted by molar-refractivity contribution is -0.132. The first-order chi connectivity index (χ1) is 19.0. The number of halogens is 2. The van der Waals surface area contributed by atoms with Gasteiger partial charge in [-0.05, 0) is 52.6 Å². The molecule has 3 aliphatic heterocycles. The molecule has 1 atom stereocenters. The molecule has 3 aliphatic rings. The molecule has 6 rings (SSSR count). The first-order valence-electron chi connectivity index (χ1n) is 13.3. The summed E-state index contributed by atoms with van der Waals surface area (Å²) in [5.74, 6) is -0.202. The smallest absolute Gasteiger partial charge is 0.227 e. The predicted molar refractivity (Wildman–Crippen MR) is 154 cm³/mol. The van der Waals surface area contributed by atoms with Crippen molar-refractivity contribution in [2.75, 3.05) is 32.7 Å². The maximum atomic E-state index is 13.2. The van der Waals surface area contributed by atoms with Gasteiger partial charge in [-0.15, -0.1) is 0 Å². The van der Waals surface area contributed by atoms with Crippen molar-refractivity contribution in [2.45, 2.75) is 12.6 Å². The summed E-state index contributed by atoms with van der Waals surface area (Å²) in [5, 5.41) is 4.42. The van der Waals surface area contributed by atoms with Crippen LogP contribution in [0.25, 0.3) is 11.3 Å². The Bertz CT molecular complexity index is 1430. The van der Waals surface area contributed by atoms with Gasteiger partial charge in [0.05, 0.1) is 17.8 Å². The summed E-state index contributed by atoms with van der Waals surface area (Å²) in [6.45, 7) is 3.68. The Morgan fingerprint density at radius 1 is 0.897 bits per heavy atom. The van der Waals surface area contributed by atoms with Gasteiger partial charge in [-0.1, -0.05) is 72.3 Å². The van der Waals surface area contributed by atoms with E-state index in [1.807, 2.05) is 23.1 Å². The molecule has 3 aromatic rings. The van der Waals surface area contributed by atoms with Crippen LogP contribution >= 0.6 is 11.6 Å². The molecule has 1 N–H and O–H groups in total. The Balaban J connectivity index is 1.19. The Morgan fingerprint density at radius 3 is 2.33 bits per heavy atom. The third-order valence-electron chi connectivity index (χ3n) is 7.54. The molecule has 0 bridgehead atoms. The van der Waals surface area contributed by atoms with Crippen molar-refractivity contribution in [3.63, 3.8) is 0 Å². The van der Waals surface area contributed by atoms with Gasteiger partial charge in [-0.25, -0.2) is 4.39 Å². The Hall–Kier alpha value is -3.87. The fourth-order valence-electron chi connectivity index (χ4n) is 5.37. The lowest BCUT2D eigenvalue weighted by Crippen LogP contribution is -2.50. The van der Waals surface area contributed by atoms with Crippen molar-refractivity contribution in [1.29, 1.82) is 0 Å². The summed E-state index contributed by atoms with van der Waals surface area (Å²) in [4.78, 5) is 19.5. The Morgan fingerprint density at radius 2 is 1.62 bits per heavy atom. The van der Waals surface area contributed by atoms with Crippen LogP contribution in [-0.2, 0) is 11.2 Å². The normalized spacial score (nSPS) is 19.1. The van der Waals surface area contributed by atoms with Gasteiger partial charge >= 0.3 is 0 Å². The van der Waals surface area contributed by atoms with Crippen molar-refractivity contribution in [2.24, 2.45) is 0 Å². The first-order valence-corrected chi connectivity index (χ1v) is 13.7. The van der Waals surface area contributed by atoms with Crippen LogP contribution in [0.15, 0.2) is 103 Å². The Labute approximate surface area is 233 Å². The van der Waals surface area contributed by atoms with E-state index >= 15 is 0 Å². The average molecular weight is 541 g/mol. The maximum absolute atomic E-state index is 13.2. The van der Waals surface area contributed by atoms with Crippen LogP contribution in [-0.4, -0.2) is 59.5 Å². The van der Waals surface area contributed by atoms with Crippen molar-refractivity contribution >= 4 is 28.8 Å². The van der Waals surface area contributed by atoms with Gasteiger partial charge in [0.1, 0.15) is 12.0 Å². The topological polar surface area (TPSA) is 38.8 Å². The number of nitrogens with zero attached hydrogens (tertiary/aromatic N) is 3. The number of piperazine rings is 1. The monoisotopic (exact) mass is 540 g/mol. The summed E-state index contributed by atoms with van der Waals surface area (Å²) in [6.07, 6.45) is 6.95. The van der Waals surface area contributed by atoms with Crippen LogP contribution in [0.4, 0.5) is 4.39 Å². The summed E-state index contributed by atoms with van der Waals surface area (Å²) in [7, 11) is 0. The lowest BCUT2D eigenvalue weighted by Gasteiger charge is -2.36. The molecule has 7 heteroatoms. The van der Waals surface area contributed by atoms with E-state index in [1.54, 1.807) is 12.1 Å². The van der Waals surface area contributed by atoms with E-state index in [2.05, 4.69) is 69.9 Å². The molecule has 1 amide bonds. The molecule has 0 spiro atoms. The molecular formula is C32H30ClFN4O. The molecular weight excluding hydrogens is 511 g/mol. The molecule has 3 heterocycles. The quantitative estimate of drug-likeness (QED) is 0.456. The van der Waals surface area contributed by atoms with E-state index in [0.717, 1.165) is 36.5 Å². The SMILES string of the molecule is O=C(Cc1ccc(F)cc1)N1CCN(CC2=C(c3ccc(Cl)cc3)NC3C=CC(c4ccccc4)=CN23)CC1. The van der Waals surface area contributed by atoms with Crippen LogP contribution in [0.1, 0.15) is 16.7 Å². The fourth-order valence-corrected chi connectivity index (χ4v) is 5.49. The van der Waals surface area contributed by atoms with Gasteiger partial charge in [0, 0.05) is 43.9 Å². The van der Waals surface area contributed by atoms with Crippen LogP contribution < -0.4 is 5.32 Å². The first kappa shape index (κ1) is 25.4. The summed E-state index contributed by atoms with van der Waals surface area (Å²) < 4.78 is 13.2. The van der Waals surface area contributed by atoms with E-state index < -0.39 is 0 Å². The van der Waals surface area contributed by atoms with Crippen LogP contribution in [0.5, 0.6) is 0 Å². The van der Waals surface area contributed by atoms with E-state index in [4.69, 9.17) is 11.6 Å². The second kappa shape index (κ2) is 11.1. The third-order valence-corrected chi connectivity index (χ3v) is 7.79. The summed E-state index contributed by atoms with van der Waals surface area (Å²) in [5.41, 5.74) is 6.58. The molecule has 0 radical (unpaired) electrons. The molecule has 198 valence electrons. The zero-order chi connectivity index (χ0) is 26.8. The Kier molecular flexibility index (Phi) is 7.22. The molecule has 0 saturated carbocycles. The number of rotatable bonds is 6. The number of carbonyl (C=O) groups is 1. The number of carbonyl (C=O) groups excluding carboxylic acids is 1. The number of allylic oxidation sites excluding steroid dienone is 2. The van der Waals surface area contributed by atoms with Gasteiger partial charge in [-0.3, -0.25) is 9.69 Å². The number of fused-ring (bicyclic) bond motifs is 1. The van der Waals surface area contributed by atoms with E-state index in [1.165, 1.54) is 29.0 Å².